The Morgan fingerprint density at radius 3 is 2.71 bits per heavy atom. The summed E-state index contributed by atoms with van der Waals surface area (Å²) in [5.41, 5.74) is -1.05. The molecule has 1 saturated heterocycles. The number of carbonyl (C=O) groups excluding carboxylic acids is 1. The van der Waals surface area contributed by atoms with E-state index in [1.807, 2.05) is 0 Å². The van der Waals surface area contributed by atoms with Crippen molar-refractivity contribution in [3.63, 3.8) is 0 Å². The Balaban J connectivity index is 1.96. The van der Waals surface area contributed by atoms with Crippen molar-refractivity contribution in [2.24, 2.45) is 5.41 Å². The van der Waals surface area contributed by atoms with Crippen LogP contribution in [-0.4, -0.2) is 36.9 Å². The van der Waals surface area contributed by atoms with Crippen LogP contribution in [0.15, 0.2) is 0 Å². The molecule has 0 aromatic heterocycles. The number of aliphatic hydroxyl groups is 1. The Bertz CT molecular complexity index is 238. The second-order valence-electron chi connectivity index (χ2n) is 4.66. The van der Waals surface area contributed by atoms with Crippen LogP contribution in [0, 0.1) is 5.41 Å². The van der Waals surface area contributed by atoms with Crippen molar-refractivity contribution in [2.45, 2.75) is 31.3 Å². The number of hydrogen-bond donors (Lipinski definition) is 2. The summed E-state index contributed by atoms with van der Waals surface area (Å²) in [5.74, 6) is -0.478. The highest BCUT2D eigenvalue weighted by molar-refractivity contribution is 5.80. The van der Waals surface area contributed by atoms with Gasteiger partial charge in [-0.05, 0) is 37.6 Å². The van der Waals surface area contributed by atoms with Gasteiger partial charge in [-0.2, -0.15) is 0 Å². The van der Waals surface area contributed by atoms with E-state index in [1.165, 1.54) is 7.11 Å². The highest BCUT2D eigenvalue weighted by atomic mass is 16.5. The van der Waals surface area contributed by atoms with Crippen LogP contribution in [0.5, 0.6) is 0 Å². The Morgan fingerprint density at radius 1 is 1.50 bits per heavy atom. The van der Waals surface area contributed by atoms with Gasteiger partial charge in [0.1, 0.15) is 0 Å². The molecule has 1 spiro atoms. The first-order valence-corrected chi connectivity index (χ1v) is 5.12. The first-order valence-electron chi connectivity index (χ1n) is 5.12. The minimum absolute atomic E-state index is 0.154. The summed E-state index contributed by atoms with van der Waals surface area (Å²) in [6, 6.07) is 0. The molecular weight excluding hydrogens is 182 g/mol. The smallest absolute Gasteiger partial charge is 0.337 e. The molecule has 0 bridgehead atoms. The van der Waals surface area contributed by atoms with Gasteiger partial charge in [0, 0.05) is 6.54 Å². The van der Waals surface area contributed by atoms with E-state index in [2.05, 4.69) is 10.1 Å². The van der Waals surface area contributed by atoms with Gasteiger partial charge in [-0.25, -0.2) is 4.79 Å². The summed E-state index contributed by atoms with van der Waals surface area (Å²) in [6.07, 6.45) is 3.36. The molecule has 80 valence electrons. The second-order valence-corrected chi connectivity index (χ2v) is 4.66. The van der Waals surface area contributed by atoms with Crippen molar-refractivity contribution in [1.82, 2.24) is 5.32 Å². The zero-order chi connectivity index (χ0) is 10.2. The SMILES string of the molecule is COC(=O)C1(O)CC2(CCCNC2)C1. The number of nitrogens with one attached hydrogen (secondary N) is 1. The zero-order valence-corrected chi connectivity index (χ0v) is 8.51. The lowest BCUT2D eigenvalue weighted by Crippen LogP contribution is -2.61. The highest BCUT2D eigenvalue weighted by Crippen LogP contribution is 2.52. The topological polar surface area (TPSA) is 58.6 Å². The number of ether oxygens (including phenoxy) is 1. The molecule has 1 heterocycles. The predicted molar refractivity (Wildman–Crippen MR) is 50.7 cm³/mol. The Kier molecular flexibility index (Phi) is 2.27. The number of piperidine rings is 1. The number of esters is 1. The van der Waals surface area contributed by atoms with Crippen molar-refractivity contribution >= 4 is 5.97 Å². The molecule has 2 fully saturated rings. The molecule has 1 aliphatic heterocycles. The molecule has 0 amide bonds. The summed E-state index contributed by atoms with van der Waals surface area (Å²) in [7, 11) is 1.32. The number of carbonyl (C=O) groups is 1. The molecule has 0 unspecified atom stereocenters. The Morgan fingerprint density at radius 2 is 2.21 bits per heavy atom. The Labute approximate surface area is 83.6 Å². The molecule has 2 N–H and O–H groups in total. The first-order chi connectivity index (χ1) is 6.60. The molecule has 0 aromatic rings. The van der Waals surface area contributed by atoms with Crippen LogP contribution in [0.2, 0.25) is 0 Å². The first kappa shape index (κ1) is 9.93. The second kappa shape index (κ2) is 3.21. The minimum atomic E-state index is -1.20. The zero-order valence-electron chi connectivity index (χ0n) is 8.51. The van der Waals surface area contributed by atoms with E-state index in [9.17, 15) is 9.90 Å². The lowest BCUT2D eigenvalue weighted by Gasteiger charge is -2.53. The molecule has 0 atom stereocenters. The maximum Gasteiger partial charge on any atom is 0.337 e. The third kappa shape index (κ3) is 1.42. The summed E-state index contributed by atoms with van der Waals surface area (Å²) in [6.45, 7) is 1.98. The van der Waals surface area contributed by atoms with Gasteiger partial charge in [0.2, 0.25) is 0 Å². The molecule has 2 rings (SSSR count). The fourth-order valence-corrected chi connectivity index (χ4v) is 2.86. The van der Waals surface area contributed by atoms with E-state index in [4.69, 9.17) is 0 Å². The van der Waals surface area contributed by atoms with Crippen molar-refractivity contribution in [3.8, 4) is 0 Å². The summed E-state index contributed by atoms with van der Waals surface area (Å²) >= 11 is 0. The molecule has 2 aliphatic rings. The summed E-state index contributed by atoms with van der Waals surface area (Å²) in [4.78, 5) is 11.2. The molecular formula is C10H17NO3. The monoisotopic (exact) mass is 199 g/mol. The molecule has 14 heavy (non-hydrogen) atoms. The number of rotatable bonds is 1. The van der Waals surface area contributed by atoms with Gasteiger partial charge in [-0.15, -0.1) is 0 Å². The molecule has 0 radical (unpaired) electrons. The molecule has 1 saturated carbocycles. The van der Waals surface area contributed by atoms with Crippen LogP contribution >= 0.6 is 0 Å². The van der Waals surface area contributed by atoms with Crippen LogP contribution in [-0.2, 0) is 9.53 Å². The number of hydrogen-bond acceptors (Lipinski definition) is 4. The van der Waals surface area contributed by atoms with Gasteiger partial charge in [0.25, 0.3) is 0 Å². The largest absolute Gasteiger partial charge is 0.467 e. The molecule has 4 nitrogen and oxygen atoms in total. The van der Waals surface area contributed by atoms with Gasteiger partial charge >= 0.3 is 5.97 Å². The van der Waals surface area contributed by atoms with Gasteiger partial charge in [0.15, 0.2) is 5.60 Å². The van der Waals surface area contributed by atoms with Crippen LogP contribution in [0.4, 0.5) is 0 Å². The average Bonchev–Trinajstić information content (AvgIpc) is 2.16. The fraction of sp³-hybridized carbons (Fsp3) is 0.900. The molecule has 0 aromatic carbocycles. The highest BCUT2D eigenvalue weighted by Gasteiger charge is 2.58. The maximum absolute atomic E-state index is 11.2. The van der Waals surface area contributed by atoms with Crippen molar-refractivity contribution in [1.29, 1.82) is 0 Å². The van der Waals surface area contributed by atoms with E-state index in [0.29, 0.717) is 12.8 Å². The summed E-state index contributed by atoms with van der Waals surface area (Å²) in [5, 5.41) is 13.2. The van der Waals surface area contributed by atoms with Crippen LogP contribution in [0.1, 0.15) is 25.7 Å². The summed E-state index contributed by atoms with van der Waals surface area (Å²) < 4.78 is 4.58. The molecule has 4 heteroatoms. The van der Waals surface area contributed by atoms with Crippen LogP contribution in [0.3, 0.4) is 0 Å². The minimum Gasteiger partial charge on any atom is -0.467 e. The van der Waals surface area contributed by atoms with Gasteiger partial charge in [0.05, 0.1) is 7.11 Å². The van der Waals surface area contributed by atoms with E-state index in [-0.39, 0.29) is 5.41 Å². The third-order valence-electron chi connectivity index (χ3n) is 3.46. The number of methoxy groups -OCH3 is 1. The van der Waals surface area contributed by atoms with E-state index in [1.54, 1.807) is 0 Å². The Hall–Kier alpha value is -0.610. The van der Waals surface area contributed by atoms with Gasteiger partial charge in [-0.3, -0.25) is 0 Å². The lowest BCUT2D eigenvalue weighted by atomic mass is 9.56. The average molecular weight is 199 g/mol. The van der Waals surface area contributed by atoms with Crippen molar-refractivity contribution in [2.75, 3.05) is 20.2 Å². The van der Waals surface area contributed by atoms with E-state index >= 15 is 0 Å². The third-order valence-corrected chi connectivity index (χ3v) is 3.46. The predicted octanol–water partition coefficient (Wildman–Crippen LogP) is 0.0541. The quantitative estimate of drug-likeness (QED) is 0.586. The van der Waals surface area contributed by atoms with Gasteiger partial charge in [-0.1, -0.05) is 0 Å². The van der Waals surface area contributed by atoms with Crippen LogP contribution < -0.4 is 5.32 Å². The van der Waals surface area contributed by atoms with Crippen molar-refractivity contribution in [3.05, 3.63) is 0 Å². The molecule has 1 aliphatic carbocycles. The van der Waals surface area contributed by atoms with Gasteiger partial charge < -0.3 is 15.2 Å². The van der Waals surface area contributed by atoms with Crippen molar-refractivity contribution < 1.29 is 14.6 Å². The lowest BCUT2D eigenvalue weighted by molar-refractivity contribution is -0.192. The normalized spacial score (nSPS) is 41.9. The van der Waals surface area contributed by atoms with E-state index < -0.39 is 11.6 Å². The van der Waals surface area contributed by atoms with Crippen LogP contribution in [0.25, 0.3) is 0 Å². The fourth-order valence-electron chi connectivity index (χ4n) is 2.86. The van der Waals surface area contributed by atoms with E-state index in [0.717, 1.165) is 25.9 Å². The maximum atomic E-state index is 11.2. The standard InChI is InChI=1S/C10H17NO3/c1-14-8(12)10(13)5-9(6-10)3-2-4-11-7-9/h11,13H,2-7H2,1H3.